The molecule has 0 aliphatic heterocycles. The van der Waals surface area contributed by atoms with E-state index in [1.807, 2.05) is 48.6 Å². The summed E-state index contributed by atoms with van der Waals surface area (Å²) >= 11 is 0. The number of phosphoric ester groups is 2. The average Bonchev–Trinajstić information content (AvgIpc) is 0.900. The number of hydrogen-bond acceptors (Lipinski definition) is 15. The second-order valence-electron chi connectivity index (χ2n) is 26.6. The summed E-state index contributed by atoms with van der Waals surface area (Å²) in [6, 6.07) is 0. The third kappa shape index (κ3) is 79.7. The SMILES string of the molecule is CC/C=C\C/C=C\C/C=C\C/C=C\C/C=C\C/C=C\CCC(=O)OCC(COP(=O)(O)OCC(O)COP(=O)(O)OCC(COC(=O)CCC/C=C\C/C=C\C/C=C\C/C=C\C/C=C\CC)OC(=O)CCCCCCCCCCCCCCCCC)OC(=O)CC/C=C\C/C=C\C/C=C\C/C=C\C/C=C\C/C=C\CC. The fourth-order valence-electron chi connectivity index (χ4n) is 10.1. The Morgan fingerprint density at radius 3 is 0.791 bits per heavy atom. The van der Waals surface area contributed by atoms with Crippen molar-refractivity contribution in [1.82, 2.24) is 0 Å². The van der Waals surface area contributed by atoms with Gasteiger partial charge in [0.2, 0.25) is 0 Å². The highest BCUT2D eigenvalue weighted by Crippen LogP contribution is 2.45. The molecule has 0 aromatic carbocycles. The third-order valence-electron chi connectivity index (χ3n) is 16.3. The lowest BCUT2D eigenvalue weighted by Gasteiger charge is -2.21. The number of carbonyl (C=O) groups is 4. The first-order valence-corrected chi connectivity index (χ1v) is 44.3. The van der Waals surface area contributed by atoms with Crippen molar-refractivity contribution in [3.63, 3.8) is 0 Å². The number of esters is 4. The number of hydrogen-bond donors (Lipinski definition) is 3. The Kier molecular flexibility index (Phi) is 76.0. The van der Waals surface area contributed by atoms with Gasteiger partial charge >= 0.3 is 39.5 Å². The molecule has 0 heterocycles. The van der Waals surface area contributed by atoms with Gasteiger partial charge in [0.1, 0.15) is 19.3 Å². The van der Waals surface area contributed by atoms with E-state index in [9.17, 15) is 43.2 Å². The van der Waals surface area contributed by atoms with E-state index in [-0.39, 0.29) is 25.7 Å². The molecule has 0 saturated carbocycles. The lowest BCUT2D eigenvalue weighted by molar-refractivity contribution is -0.161. The van der Waals surface area contributed by atoms with Crippen molar-refractivity contribution in [2.45, 2.75) is 303 Å². The van der Waals surface area contributed by atoms with Gasteiger partial charge in [0.15, 0.2) is 12.2 Å². The Balaban J connectivity index is 5.58. The van der Waals surface area contributed by atoms with Crippen molar-refractivity contribution in [1.29, 1.82) is 0 Å². The zero-order valence-electron chi connectivity index (χ0n) is 67.8. The molecule has 0 aromatic rings. The number of ether oxygens (including phenoxy) is 4. The van der Waals surface area contributed by atoms with Crippen molar-refractivity contribution >= 4 is 39.5 Å². The minimum Gasteiger partial charge on any atom is -0.462 e. The van der Waals surface area contributed by atoms with E-state index in [1.54, 1.807) is 0 Å². The molecular weight excluding hydrogens is 1430 g/mol. The van der Waals surface area contributed by atoms with Gasteiger partial charge in [-0.3, -0.25) is 37.3 Å². The minimum absolute atomic E-state index is 0.0106. The molecule has 3 N–H and O–H groups in total. The van der Waals surface area contributed by atoms with Crippen LogP contribution in [0.5, 0.6) is 0 Å². The van der Waals surface area contributed by atoms with Crippen molar-refractivity contribution in [3.05, 3.63) is 207 Å². The smallest absolute Gasteiger partial charge is 0.462 e. The van der Waals surface area contributed by atoms with Gasteiger partial charge in [-0.05, 0) is 141 Å². The Hall–Kier alpha value is -6.36. The van der Waals surface area contributed by atoms with Crippen LogP contribution in [0.2, 0.25) is 0 Å². The second kappa shape index (κ2) is 80.7. The van der Waals surface area contributed by atoms with E-state index >= 15 is 0 Å². The van der Waals surface area contributed by atoms with E-state index in [4.69, 9.17) is 37.0 Å². The maximum absolute atomic E-state index is 13.1. The summed E-state index contributed by atoms with van der Waals surface area (Å²) in [5.41, 5.74) is 0. The molecule has 0 fully saturated rings. The minimum atomic E-state index is -5.03. The fraction of sp³-hybridized carbons (Fsp3) is 0.582. The predicted octanol–water partition coefficient (Wildman–Crippen LogP) is 24.7. The van der Waals surface area contributed by atoms with E-state index in [2.05, 4.69) is 186 Å². The van der Waals surface area contributed by atoms with Crippen molar-refractivity contribution in [3.8, 4) is 0 Å². The second-order valence-corrected chi connectivity index (χ2v) is 29.5. The number of carbonyl (C=O) groups excluding carboxylic acids is 4. The molecule has 5 atom stereocenters. The molecule has 0 saturated heterocycles. The zero-order valence-corrected chi connectivity index (χ0v) is 69.6. The summed E-state index contributed by atoms with van der Waals surface area (Å²) in [5, 5.41) is 10.7. The normalized spacial score (nSPS) is 14.9. The number of unbranched alkanes of at least 4 members (excludes halogenated alkanes) is 15. The molecular formula is C91H144O17P2. The summed E-state index contributed by atoms with van der Waals surface area (Å²) in [5.74, 6) is -2.46. The van der Waals surface area contributed by atoms with Gasteiger partial charge in [0, 0.05) is 25.7 Å². The lowest BCUT2D eigenvalue weighted by atomic mass is 10.0. The number of aliphatic hydroxyl groups is 1. The molecule has 19 heteroatoms. The molecule has 0 aromatic heterocycles. The predicted molar refractivity (Wildman–Crippen MR) is 454 cm³/mol. The Morgan fingerprint density at radius 1 is 0.264 bits per heavy atom. The third-order valence-corrected chi connectivity index (χ3v) is 18.2. The van der Waals surface area contributed by atoms with Gasteiger partial charge in [0.25, 0.3) is 0 Å². The molecule has 0 aliphatic rings. The van der Waals surface area contributed by atoms with Crippen LogP contribution in [0.15, 0.2) is 207 Å². The molecule has 0 bridgehead atoms. The maximum Gasteiger partial charge on any atom is 0.472 e. The quantitative estimate of drug-likeness (QED) is 0.0169. The number of allylic oxidation sites excluding steroid dienone is 34. The standard InChI is InChI=1S/C91H144O17P2/c1-5-9-13-17-21-25-29-33-37-40-42-45-49-52-56-60-64-68-72-76-89(94)102-82-87(108-91(96)78-74-70-66-62-58-54-50-46-43-41-38-34-30-26-22-18-14-10-6-2)84-106-110(99,100)104-80-85(92)79-103-109(97,98)105-83-86(107-90(95)77-73-69-65-61-57-53-47-36-32-28-24-20-16-12-8-4)81-101-88(93)75-71-67-63-59-55-51-48-44-39-35-31-27-23-19-15-11-7-3/h9-11,13-15,21-23,25-27,33-35,37-39,42-43,45-46,48,51-52,54,56,58-59,63-64,66,68,70,85-87,92H,5-8,12,16-20,24,28-32,36,40-41,44,47,49-50,53,55,57,60-62,65,67,69,71-84H2,1-4H3,(H,97,98)(H,99,100)/b13-9-,14-10-,15-11-,25-21-,26-22-,27-23-,37-33-,38-34-,39-35-,45-42-,46-43-,51-48-,56-52-,58-54-,63-59-,68-64-,70-66-. The van der Waals surface area contributed by atoms with Gasteiger partial charge in [-0.25, -0.2) is 9.13 Å². The molecule has 110 heavy (non-hydrogen) atoms. The summed E-state index contributed by atoms with van der Waals surface area (Å²) in [4.78, 5) is 73.1. The molecule has 0 spiro atoms. The van der Waals surface area contributed by atoms with Crippen LogP contribution in [0.3, 0.4) is 0 Å². The molecule has 620 valence electrons. The van der Waals surface area contributed by atoms with Crippen LogP contribution in [0.4, 0.5) is 0 Å². The number of rotatable bonds is 75. The van der Waals surface area contributed by atoms with E-state index < -0.39 is 97.5 Å². The largest absolute Gasteiger partial charge is 0.472 e. The van der Waals surface area contributed by atoms with Crippen LogP contribution in [0.1, 0.15) is 285 Å². The Morgan fingerprint density at radius 2 is 0.491 bits per heavy atom. The van der Waals surface area contributed by atoms with E-state index in [0.717, 1.165) is 122 Å². The van der Waals surface area contributed by atoms with Crippen LogP contribution >= 0.6 is 15.6 Å². The molecule has 0 rings (SSSR count). The summed E-state index contributed by atoms with van der Waals surface area (Å²) in [7, 11) is -10.0. The zero-order chi connectivity index (χ0) is 80.3. The van der Waals surface area contributed by atoms with E-state index in [0.29, 0.717) is 44.9 Å². The number of phosphoric acid groups is 2. The first-order valence-electron chi connectivity index (χ1n) is 41.3. The van der Waals surface area contributed by atoms with Crippen LogP contribution in [-0.2, 0) is 65.4 Å². The van der Waals surface area contributed by atoms with E-state index in [1.165, 1.54) is 64.2 Å². The topological polar surface area (TPSA) is 237 Å². The van der Waals surface area contributed by atoms with Crippen LogP contribution in [0.25, 0.3) is 0 Å². The van der Waals surface area contributed by atoms with Crippen molar-refractivity contribution in [2.24, 2.45) is 0 Å². The summed E-state index contributed by atoms with van der Waals surface area (Å²) < 4.78 is 68.5. The van der Waals surface area contributed by atoms with Gasteiger partial charge < -0.3 is 33.8 Å². The summed E-state index contributed by atoms with van der Waals surface area (Å²) in [6.45, 7) is 4.28. The van der Waals surface area contributed by atoms with Crippen LogP contribution in [0, 0.1) is 0 Å². The first-order chi connectivity index (χ1) is 53.7. The number of aliphatic hydroxyl groups excluding tert-OH is 1. The highest BCUT2D eigenvalue weighted by molar-refractivity contribution is 7.47. The Labute approximate surface area is 665 Å². The van der Waals surface area contributed by atoms with Gasteiger partial charge in [-0.15, -0.1) is 0 Å². The summed E-state index contributed by atoms with van der Waals surface area (Å²) in [6.07, 6.45) is 101. The molecule has 5 unspecified atom stereocenters. The fourth-order valence-corrected chi connectivity index (χ4v) is 11.7. The molecule has 0 aliphatic carbocycles. The highest BCUT2D eigenvalue weighted by Gasteiger charge is 2.30. The highest BCUT2D eigenvalue weighted by atomic mass is 31.2. The van der Waals surface area contributed by atoms with Gasteiger partial charge in [-0.1, -0.05) is 324 Å². The van der Waals surface area contributed by atoms with Crippen molar-refractivity contribution in [2.75, 3.05) is 39.6 Å². The maximum atomic E-state index is 13.1. The lowest BCUT2D eigenvalue weighted by Crippen LogP contribution is -2.30. The first kappa shape index (κ1) is 104. The van der Waals surface area contributed by atoms with Crippen LogP contribution in [-0.4, -0.2) is 96.7 Å². The Bertz CT molecular complexity index is 2900. The van der Waals surface area contributed by atoms with Gasteiger partial charge in [0.05, 0.1) is 26.4 Å². The van der Waals surface area contributed by atoms with Gasteiger partial charge in [-0.2, -0.15) is 0 Å². The molecule has 0 amide bonds. The monoisotopic (exact) mass is 1570 g/mol. The van der Waals surface area contributed by atoms with Crippen LogP contribution < -0.4 is 0 Å². The van der Waals surface area contributed by atoms with Crippen molar-refractivity contribution < 1.29 is 80.2 Å². The molecule has 0 radical (unpaired) electrons. The average molecular weight is 1570 g/mol. The molecule has 17 nitrogen and oxygen atoms in total.